The molecule has 0 aliphatic heterocycles. The van der Waals surface area contributed by atoms with Gasteiger partial charge in [-0.15, -0.1) is 24.0 Å². The van der Waals surface area contributed by atoms with Gasteiger partial charge in [-0.1, -0.05) is 30.3 Å². The maximum Gasteiger partial charge on any atom is 0.191 e. The first kappa shape index (κ1) is 23.3. The largest absolute Gasteiger partial charge is 0.357 e. The molecule has 0 spiro atoms. The van der Waals surface area contributed by atoms with Crippen LogP contribution in [0.5, 0.6) is 0 Å². The van der Waals surface area contributed by atoms with Crippen LogP contribution >= 0.6 is 24.0 Å². The lowest BCUT2D eigenvalue weighted by atomic mass is 10.2. The van der Waals surface area contributed by atoms with E-state index in [0.29, 0.717) is 25.5 Å². The van der Waals surface area contributed by atoms with E-state index in [1.165, 1.54) is 6.33 Å². The average Bonchev–Trinajstić information content (AvgIpc) is 3.02. The highest BCUT2D eigenvalue weighted by Crippen LogP contribution is 2.06. The van der Waals surface area contributed by atoms with Gasteiger partial charge in [0.05, 0.1) is 11.5 Å². The van der Waals surface area contributed by atoms with Crippen molar-refractivity contribution in [1.82, 2.24) is 25.4 Å². The lowest BCUT2D eigenvalue weighted by molar-refractivity contribution is 0.591. The Morgan fingerprint density at radius 2 is 1.96 bits per heavy atom. The standard InChI is InChI=1S/C17H26N6O2S.HI/c1-3-18-17(20-12-16-21-14-22-23(16)2)19-10-7-11-26(24,25)13-15-8-5-4-6-9-15;/h4-6,8-9,14H,3,7,10-13H2,1-2H3,(H2,18,19,20);1H. The molecule has 0 unspecified atom stereocenters. The molecule has 1 aromatic carbocycles. The molecule has 0 saturated carbocycles. The van der Waals surface area contributed by atoms with Crippen molar-refractivity contribution >= 4 is 39.8 Å². The quantitative estimate of drug-likeness (QED) is 0.231. The van der Waals surface area contributed by atoms with Gasteiger partial charge in [0.15, 0.2) is 15.8 Å². The summed E-state index contributed by atoms with van der Waals surface area (Å²) in [6.45, 7) is 3.62. The van der Waals surface area contributed by atoms with Crippen molar-refractivity contribution in [3.05, 3.63) is 48.0 Å². The molecule has 1 aromatic heterocycles. The molecular weight excluding hydrogens is 479 g/mol. The molecule has 1 heterocycles. The third-order valence-corrected chi connectivity index (χ3v) is 5.37. The SMILES string of the molecule is CCNC(=NCc1ncnn1C)NCCCS(=O)(=O)Cc1ccccc1.I. The number of nitrogens with one attached hydrogen (secondary N) is 2. The fraction of sp³-hybridized carbons (Fsp3) is 0.471. The molecule has 0 amide bonds. The highest BCUT2D eigenvalue weighted by atomic mass is 127. The fourth-order valence-electron chi connectivity index (χ4n) is 2.35. The van der Waals surface area contributed by atoms with E-state index in [2.05, 4.69) is 25.7 Å². The average molecular weight is 506 g/mol. The summed E-state index contributed by atoms with van der Waals surface area (Å²) in [5.41, 5.74) is 0.819. The maximum atomic E-state index is 12.2. The van der Waals surface area contributed by atoms with Crippen molar-refractivity contribution in [2.45, 2.75) is 25.6 Å². The third kappa shape index (κ3) is 8.69. The van der Waals surface area contributed by atoms with Crippen LogP contribution in [0.4, 0.5) is 0 Å². The van der Waals surface area contributed by atoms with E-state index >= 15 is 0 Å². The van der Waals surface area contributed by atoms with Crippen LogP contribution in [0.2, 0.25) is 0 Å². The molecule has 0 aliphatic rings. The Kier molecular flexibility index (Phi) is 10.3. The zero-order chi connectivity index (χ0) is 18.8. The number of rotatable bonds is 9. The molecule has 0 aliphatic carbocycles. The van der Waals surface area contributed by atoms with Crippen molar-refractivity contribution in [2.24, 2.45) is 12.0 Å². The minimum absolute atomic E-state index is 0. The summed E-state index contributed by atoms with van der Waals surface area (Å²) in [6.07, 6.45) is 2.01. The zero-order valence-corrected chi connectivity index (χ0v) is 18.8. The van der Waals surface area contributed by atoms with Gasteiger partial charge in [-0.05, 0) is 18.9 Å². The fourth-order valence-corrected chi connectivity index (χ4v) is 3.78. The number of aliphatic imine (C=N–C) groups is 1. The van der Waals surface area contributed by atoms with Gasteiger partial charge in [-0.25, -0.2) is 18.4 Å². The molecule has 150 valence electrons. The molecule has 2 N–H and O–H groups in total. The highest BCUT2D eigenvalue weighted by molar-refractivity contribution is 14.0. The van der Waals surface area contributed by atoms with E-state index in [0.717, 1.165) is 17.9 Å². The van der Waals surface area contributed by atoms with Gasteiger partial charge >= 0.3 is 0 Å². The van der Waals surface area contributed by atoms with Crippen molar-refractivity contribution in [3.8, 4) is 0 Å². The van der Waals surface area contributed by atoms with Crippen molar-refractivity contribution in [3.63, 3.8) is 0 Å². The molecule has 0 atom stereocenters. The van der Waals surface area contributed by atoms with Gasteiger partial charge in [0, 0.05) is 20.1 Å². The third-order valence-electron chi connectivity index (χ3n) is 3.68. The second-order valence-corrected chi connectivity index (χ2v) is 8.04. The minimum Gasteiger partial charge on any atom is -0.357 e. The van der Waals surface area contributed by atoms with Gasteiger partial charge in [-0.3, -0.25) is 4.68 Å². The Labute approximate surface area is 177 Å². The summed E-state index contributed by atoms with van der Waals surface area (Å²) < 4.78 is 26.1. The first-order valence-corrected chi connectivity index (χ1v) is 10.4. The van der Waals surface area contributed by atoms with Crippen LogP contribution in [0.1, 0.15) is 24.7 Å². The van der Waals surface area contributed by atoms with E-state index in [1.807, 2.05) is 44.3 Å². The van der Waals surface area contributed by atoms with Crippen LogP contribution < -0.4 is 10.6 Å². The van der Waals surface area contributed by atoms with Crippen molar-refractivity contribution < 1.29 is 8.42 Å². The van der Waals surface area contributed by atoms with Gasteiger partial charge < -0.3 is 10.6 Å². The predicted molar refractivity (Wildman–Crippen MR) is 118 cm³/mol. The number of hydrogen-bond acceptors (Lipinski definition) is 5. The minimum atomic E-state index is -3.12. The second-order valence-electron chi connectivity index (χ2n) is 5.85. The Bertz CT molecular complexity index is 808. The van der Waals surface area contributed by atoms with Crippen LogP contribution in [0.25, 0.3) is 0 Å². The van der Waals surface area contributed by atoms with Crippen molar-refractivity contribution in [2.75, 3.05) is 18.8 Å². The van der Waals surface area contributed by atoms with Gasteiger partial charge in [0.25, 0.3) is 0 Å². The number of hydrogen-bond donors (Lipinski definition) is 2. The van der Waals surface area contributed by atoms with Crippen LogP contribution in [-0.4, -0.2) is 48.0 Å². The number of sulfone groups is 1. The molecule has 27 heavy (non-hydrogen) atoms. The number of guanidine groups is 1. The molecule has 0 bridgehead atoms. The lowest BCUT2D eigenvalue weighted by Crippen LogP contribution is -2.38. The number of benzene rings is 1. The van der Waals surface area contributed by atoms with Crippen LogP contribution in [-0.2, 0) is 29.2 Å². The van der Waals surface area contributed by atoms with Crippen LogP contribution in [0, 0.1) is 0 Å². The summed E-state index contributed by atoms with van der Waals surface area (Å²) >= 11 is 0. The zero-order valence-electron chi connectivity index (χ0n) is 15.6. The molecular formula is C17H27IN6O2S. The Morgan fingerprint density at radius 1 is 1.22 bits per heavy atom. The molecule has 0 fully saturated rings. The number of halogens is 1. The topological polar surface area (TPSA) is 101 Å². The summed E-state index contributed by atoms with van der Waals surface area (Å²) in [5, 5.41) is 10.3. The highest BCUT2D eigenvalue weighted by Gasteiger charge is 2.11. The van der Waals surface area contributed by atoms with E-state index in [4.69, 9.17) is 0 Å². The first-order chi connectivity index (χ1) is 12.5. The molecule has 8 nitrogen and oxygen atoms in total. The van der Waals surface area contributed by atoms with E-state index in [-0.39, 0.29) is 35.5 Å². The van der Waals surface area contributed by atoms with Crippen LogP contribution in [0.3, 0.4) is 0 Å². The summed E-state index contributed by atoms with van der Waals surface area (Å²) in [7, 11) is -1.30. The lowest BCUT2D eigenvalue weighted by Gasteiger charge is -2.11. The number of aromatic nitrogens is 3. The van der Waals surface area contributed by atoms with E-state index in [1.54, 1.807) is 4.68 Å². The Hall–Kier alpha value is -1.69. The summed E-state index contributed by atoms with van der Waals surface area (Å²) in [4.78, 5) is 8.57. The summed E-state index contributed by atoms with van der Waals surface area (Å²) in [5.74, 6) is 1.61. The predicted octanol–water partition coefficient (Wildman–Crippen LogP) is 1.49. The molecule has 10 heteroatoms. The molecule has 2 aromatic rings. The maximum absolute atomic E-state index is 12.2. The molecule has 0 saturated heterocycles. The number of aryl methyl sites for hydroxylation is 1. The van der Waals surface area contributed by atoms with Crippen LogP contribution in [0.15, 0.2) is 41.7 Å². The molecule has 0 radical (unpaired) electrons. The van der Waals surface area contributed by atoms with Gasteiger partial charge in [0.2, 0.25) is 0 Å². The smallest absolute Gasteiger partial charge is 0.191 e. The summed E-state index contributed by atoms with van der Waals surface area (Å²) in [6, 6.07) is 9.24. The monoisotopic (exact) mass is 506 g/mol. The van der Waals surface area contributed by atoms with Gasteiger partial charge in [-0.2, -0.15) is 5.10 Å². The van der Waals surface area contributed by atoms with E-state index < -0.39 is 9.84 Å². The second kappa shape index (κ2) is 11.9. The first-order valence-electron chi connectivity index (χ1n) is 8.59. The normalized spacial score (nSPS) is 11.7. The molecule has 2 rings (SSSR count). The Balaban J connectivity index is 0.00000364. The van der Waals surface area contributed by atoms with E-state index in [9.17, 15) is 8.42 Å². The van der Waals surface area contributed by atoms with Gasteiger partial charge in [0.1, 0.15) is 18.7 Å². The number of nitrogens with zero attached hydrogens (tertiary/aromatic N) is 4. The Morgan fingerprint density at radius 3 is 2.59 bits per heavy atom. The van der Waals surface area contributed by atoms with Crippen molar-refractivity contribution in [1.29, 1.82) is 0 Å².